The van der Waals surface area contributed by atoms with Gasteiger partial charge in [0.05, 0.1) is 18.2 Å². The summed E-state index contributed by atoms with van der Waals surface area (Å²) in [6.07, 6.45) is 2.13. The standard InChI is InChI=1S/C25H25ClINO4/c1-16-24(25(30)32-15-17-4-10-20(27)11-5-17)22(18-6-8-19(26)9-7-18)13-23(29)28(16)14-21-3-2-12-31-21/h4-11,21-22H,2-3,12-15H2,1H3/t21-,22+/m1/s1. The first kappa shape index (κ1) is 23.3. The van der Waals surface area contributed by atoms with Crippen molar-refractivity contribution in [2.45, 2.75) is 44.8 Å². The molecule has 0 N–H and O–H groups in total. The number of carbonyl (C=O) groups excluding carboxylic acids is 2. The number of amides is 1. The molecule has 0 spiro atoms. The average Bonchev–Trinajstić information content (AvgIpc) is 3.29. The van der Waals surface area contributed by atoms with Crippen LogP contribution in [0.2, 0.25) is 5.02 Å². The Bertz CT molecular complexity index is 1010. The van der Waals surface area contributed by atoms with Gasteiger partial charge >= 0.3 is 5.97 Å². The van der Waals surface area contributed by atoms with E-state index in [1.54, 1.807) is 17.0 Å². The first-order valence-corrected chi connectivity index (χ1v) is 12.2. The molecule has 0 aromatic heterocycles. The van der Waals surface area contributed by atoms with Crippen LogP contribution in [-0.4, -0.2) is 36.0 Å². The zero-order valence-electron chi connectivity index (χ0n) is 17.9. The van der Waals surface area contributed by atoms with E-state index in [1.165, 1.54) is 0 Å². The van der Waals surface area contributed by atoms with E-state index >= 15 is 0 Å². The Morgan fingerprint density at radius 3 is 2.56 bits per heavy atom. The van der Waals surface area contributed by atoms with Crippen molar-refractivity contribution >= 4 is 46.1 Å². The number of hydrogen-bond donors (Lipinski definition) is 0. The van der Waals surface area contributed by atoms with Gasteiger partial charge in [-0.05, 0) is 77.7 Å². The molecule has 0 radical (unpaired) electrons. The number of hydrogen-bond acceptors (Lipinski definition) is 4. The number of ether oxygens (including phenoxy) is 2. The number of rotatable bonds is 6. The minimum Gasteiger partial charge on any atom is -0.457 e. The quantitative estimate of drug-likeness (QED) is 0.345. The second kappa shape index (κ2) is 10.4. The predicted molar refractivity (Wildman–Crippen MR) is 131 cm³/mol. The van der Waals surface area contributed by atoms with Gasteiger partial charge in [0.25, 0.3) is 0 Å². The molecule has 2 atom stereocenters. The van der Waals surface area contributed by atoms with E-state index in [-0.39, 0.29) is 31.0 Å². The van der Waals surface area contributed by atoms with Gasteiger partial charge in [-0.25, -0.2) is 4.79 Å². The maximum absolute atomic E-state index is 13.3. The van der Waals surface area contributed by atoms with Crippen molar-refractivity contribution in [2.24, 2.45) is 0 Å². The van der Waals surface area contributed by atoms with Crippen molar-refractivity contribution in [1.29, 1.82) is 0 Å². The smallest absolute Gasteiger partial charge is 0.336 e. The molecule has 2 aromatic carbocycles. The third-order valence-electron chi connectivity index (χ3n) is 6.01. The Labute approximate surface area is 206 Å². The van der Waals surface area contributed by atoms with Crippen LogP contribution in [0.1, 0.15) is 43.2 Å². The van der Waals surface area contributed by atoms with Gasteiger partial charge < -0.3 is 14.4 Å². The molecular formula is C25H25ClINO4. The minimum absolute atomic E-state index is 0.00467. The van der Waals surface area contributed by atoms with E-state index < -0.39 is 5.97 Å². The first-order valence-electron chi connectivity index (χ1n) is 10.7. The zero-order chi connectivity index (χ0) is 22.7. The summed E-state index contributed by atoms with van der Waals surface area (Å²) in [5.74, 6) is -0.775. The van der Waals surface area contributed by atoms with Crippen LogP contribution in [-0.2, 0) is 25.7 Å². The van der Waals surface area contributed by atoms with E-state index in [2.05, 4.69) is 22.6 Å². The van der Waals surface area contributed by atoms with E-state index in [0.29, 0.717) is 29.4 Å². The fraction of sp³-hybridized carbons (Fsp3) is 0.360. The lowest BCUT2D eigenvalue weighted by Crippen LogP contribution is -2.42. The van der Waals surface area contributed by atoms with Gasteiger partial charge in [0.1, 0.15) is 6.61 Å². The SMILES string of the molecule is CC1=C(C(=O)OCc2ccc(I)cc2)[C@H](c2ccc(Cl)cc2)CC(=O)N1C[C@H]1CCCO1. The summed E-state index contributed by atoms with van der Waals surface area (Å²) in [6.45, 7) is 3.19. The molecule has 2 aliphatic heterocycles. The second-order valence-electron chi connectivity index (χ2n) is 8.15. The highest BCUT2D eigenvalue weighted by atomic mass is 127. The fourth-order valence-corrected chi connectivity index (χ4v) is 4.76. The number of carbonyl (C=O) groups is 2. The molecule has 2 aromatic rings. The zero-order valence-corrected chi connectivity index (χ0v) is 20.8. The van der Waals surface area contributed by atoms with E-state index in [0.717, 1.165) is 27.5 Å². The van der Waals surface area contributed by atoms with Gasteiger partial charge in [-0.15, -0.1) is 0 Å². The molecule has 1 amide bonds. The van der Waals surface area contributed by atoms with Crippen LogP contribution in [0.5, 0.6) is 0 Å². The van der Waals surface area contributed by atoms with E-state index in [4.69, 9.17) is 21.1 Å². The van der Waals surface area contributed by atoms with Crippen LogP contribution >= 0.6 is 34.2 Å². The molecule has 1 saturated heterocycles. The van der Waals surface area contributed by atoms with Crippen LogP contribution in [0.25, 0.3) is 0 Å². The van der Waals surface area contributed by atoms with Gasteiger partial charge in [-0.3, -0.25) is 4.79 Å². The third kappa shape index (κ3) is 5.35. The number of esters is 1. The van der Waals surface area contributed by atoms with Crippen LogP contribution in [0.4, 0.5) is 0 Å². The minimum atomic E-state index is -0.397. The largest absolute Gasteiger partial charge is 0.457 e. The van der Waals surface area contributed by atoms with Crippen molar-refractivity contribution in [1.82, 2.24) is 4.90 Å². The number of benzene rings is 2. The molecule has 0 aliphatic carbocycles. The molecule has 7 heteroatoms. The molecule has 168 valence electrons. The van der Waals surface area contributed by atoms with Crippen molar-refractivity contribution in [3.05, 3.63) is 79.5 Å². The summed E-state index contributed by atoms with van der Waals surface area (Å²) in [4.78, 5) is 28.1. The van der Waals surface area contributed by atoms with Gasteiger partial charge in [-0.2, -0.15) is 0 Å². The van der Waals surface area contributed by atoms with Crippen LogP contribution in [0, 0.1) is 3.57 Å². The lowest BCUT2D eigenvalue weighted by Gasteiger charge is -2.35. The lowest BCUT2D eigenvalue weighted by atomic mass is 9.83. The summed E-state index contributed by atoms with van der Waals surface area (Å²) in [6, 6.07) is 15.2. The molecule has 0 bridgehead atoms. The highest BCUT2D eigenvalue weighted by molar-refractivity contribution is 14.1. The topological polar surface area (TPSA) is 55.8 Å². The summed E-state index contributed by atoms with van der Waals surface area (Å²) in [7, 11) is 0. The molecule has 2 aliphatic rings. The molecular weight excluding hydrogens is 541 g/mol. The summed E-state index contributed by atoms with van der Waals surface area (Å²) in [5, 5.41) is 0.611. The summed E-state index contributed by atoms with van der Waals surface area (Å²) in [5.41, 5.74) is 2.96. The molecule has 2 heterocycles. The normalized spacial score (nSPS) is 21.2. The molecule has 0 unspecified atom stereocenters. The predicted octanol–water partition coefficient (Wildman–Crippen LogP) is 5.46. The molecule has 4 rings (SSSR count). The Hall–Kier alpha value is -1.90. The van der Waals surface area contributed by atoms with Gasteiger partial charge in [0.2, 0.25) is 5.91 Å². The monoisotopic (exact) mass is 565 g/mol. The molecule has 5 nitrogen and oxygen atoms in total. The van der Waals surface area contributed by atoms with Gasteiger partial charge in [-0.1, -0.05) is 35.9 Å². The maximum atomic E-state index is 13.3. The summed E-state index contributed by atoms with van der Waals surface area (Å²) >= 11 is 8.30. The molecule has 32 heavy (non-hydrogen) atoms. The van der Waals surface area contributed by atoms with E-state index in [9.17, 15) is 9.59 Å². The van der Waals surface area contributed by atoms with Crippen LogP contribution in [0.15, 0.2) is 59.8 Å². The maximum Gasteiger partial charge on any atom is 0.336 e. The third-order valence-corrected chi connectivity index (χ3v) is 6.98. The Kier molecular flexibility index (Phi) is 7.53. The Morgan fingerprint density at radius 1 is 1.19 bits per heavy atom. The van der Waals surface area contributed by atoms with Crippen LogP contribution < -0.4 is 0 Å². The van der Waals surface area contributed by atoms with E-state index in [1.807, 2.05) is 43.3 Å². The highest BCUT2D eigenvalue weighted by Gasteiger charge is 2.38. The lowest BCUT2D eigenvalue weighted by molar-refractivity contribution is -0.141. The average molecular weight is 566 g/mol. The Morgan fingerprint density at radius 2 is 1.91 bits per heavy atom. The first-order chi connectivity index (χ1) is 15.4. The van der Waals surface area contributed by atoms with Crippen molar-refractivity contribution in [2.75, 3.05) is 13.2 Å². The molecule has 1 fully saturated rings. The molecule has 0 saturated carbocycles. The van der Waals surface area contributed by atoms with Crippen molar-refractivity contribution in [3.8, 4) is 0 Å². The number of nitrogens with zero attached hydrogens (tertiary/aromatic N) is 1. The van der Waals surface area contributed by atoms with Gasteiger partial charge in [0.15, 0.2) is 0 Å². The summed E-state index contributed by atoms with van der Waals surface area (Å²) < 4.78 is 12.6. The fourth-order valence-electron chi connectivity index (χ4n) is 4.28. The second-order valence-corrected chi connectivity index (χ2v) is 9.83. The Balaban J connectivity index is 1.62. The number of halogens is 2. The number of allylic oxidation sites excluding steroid dienone is 1. The van der Waals surface area contributed by atoms with Crippen molar-refractivity contribution < 1.29 is 19.1 Å². The highest BCUT2D eigenvalue weighted by Crippen LogP contribution is 2.38. The van der Waals surface area contributed by atoms with Crippen LogP contribution in [0.3, 0.4) is 0 Å². The van der Waals surface area contributed by atoms with Gasteiger partial charge in [0, 0.05) is 33.2 Å². The van der Waals surface area contributed by atoms with Crippen molar-refractivity contribution in [3.63, 3.8) is 0 Å².